The molecule has 0 spiro atoms. The lowest BCUT2D eigenvalue weighted by Gasteiger charge is -2.44. The third-order valence-electron chi connectivity index (χ3n) is 5.59. The van der Waals surface area contributed by atoms with E-state index in [9.17, 15) is 4.79 Å². The third-order valence-corrected chi connectivity index (χ3v) is 5.59. The molecule has 3 fully saturated rings. The quantitative estimate of drug-likeness (QED) is 0.833. The van der Waals surface area contributed by atoms with E-state index in [4.69, 9.17) is 4.74 Å². The van der Waals surface area contributed by atoms with Gasteiger partial charge in [0, 0.05) is 12.2 Å². The number of fused-ring (bicyclic) bond motifs is 3. The molecular formula is C22H26N2O2. The number of nitrogens with zero attached hydrogens (tertiary/aromatic N) is 1. The Bertz CT molecular complexity index is 736. The fraction of sp³-hybridized carbons (Fsp3) is 0.409. The zero-order valence-corrected chi connectivity index (χ0v) is 15.2. The minimum Gasteiger partial charge on any atom is -0.459 e. The lowest BCUT2D eigenvalue weighted by Crippen LogP contribution is -2.52. The molecule has 0 amide bonds. The molecule has 2 aromatic rings. The summed E-state index contributed by atoms with van der Waals surface area (Å²) in [6.45, 7) is 5.22. The molecule has 5 rings (SSSR count). The molecule has 0 radical (unpaired) electrons. The van der Waals surface area contributed by atoms with Crippen LogP contribution < -0.4 is 5.32 Å². The maximum absolute atomic E-state index is 13.1. The Hall–Kier alpha value is -2.33. The molecule has 136 valence electrons. The first-order chi connectivity index (χ1) is 12.7. The number of hydrogen-bond donors (Lipinski definition) is 1. The zero-order chi connectivity index (χ0) is 17.9. The largest absolute Gasteiger partial charge is 0.459 e. The second kappa shape index (κ2) is 7.50. The van der Waals surface area contributed by atoms with Crippen molar-refractivity contribution in [1.29, 1.82) is 0 Å². The average molecular weight is 350 g/mol. The Kier molecular flexibility index (Phi) is 4.93. The number of esters is 1. The van der Waals surface area contributed by atoms with Gasteiger partial charge in [-0.2, -0.15) is 0 Å². The normalized spacial score (nSPS) is 25.5. The summed E-state index contributed by atoms with van der Waals surface area (Å²) < 4.78 is 5.99. The minimum atomic E-state index is -0.491. The van der Waals surface area contributed by atoms with E-state index in [1.807, 2.05) is 54.6 Å². The van der Waals surface area contributed by atoms with E-state index in [1.165, 1.54) is 5.56 Å². The predicted molar refractivity (Wildman–Crippen MR) is 103 cm³/mol. The van der Waals surface area contributed by atoms with Gasteiger partial charge in [-0.25, -0.2) is 4.79 Å². The van der Waals surface area contributed by atoms with Crippen LogP contribution in [0.15, 0.2) is 54.6 Å². The molecule has 0 aliphatic carbocycles. The number of aryl methyl sites for hydroxylation is 1. The predicted octanol–water partition coefficient (Wildman–Crippen LogP) is 3.79. The van der Waals surface area contributed by atoms with Crippen molar-refractivity contribution in [3.05, 3.63) is 65.7 Å². The Morgan fingerprint density at radius 3 is 2.38 bits per heavy atom. The van der Waals surface area contributed by atoms with E-state index < -0.39 is 6.04 Å². The van der Waals surface area contributed by atoms with Crippen molar-refractivity contribution in [1.82, 2.24) is 4.90 Å². The summed E-state index contributed by atoms with van der Waals surface area (Å²) in [7, 11) is 0. The molecule has 3 aliphatic rings. The van der Waals surface area contributed by atoms with Crippen LogP contribution in [0.5, 0.6) is 0 Å². The van der Waals surface area contributed by atoms with E-state index in [2.05, 4.69) is 17.1 Å². The Morgan fingerprint density at radius 2 is 1.77 bits per heavy atom. The second-order valence-corrected chi connectivity index (χ2v) is 7.47. The lowest BCUT2D eigenvalue weighted by molar-refractivity contribution is -0.159. The summed E-state index contributed by atoms with van der Waals surface area (Å²) in [5.74, 6) is 0.329. The maximum Gasteiger partial charge on any atom is 0.333 e. The van der Waals surface area contributed by atoms with Crippen molar-refractivity contribution < 1.29 is 9.53 Å². The van der Waals surface area contributed by atoms with E-state index in [0.29, 0.717) is 5.92 Å². The molecule has 1 unspecified atom stereocenters. The number of nitrogens with one attached hydrogen (secondary N) is 1. The SMILES string of the molecule is Cc1ccc(NC(C(=O)O[C@H]2CN3CCC2CC3)c2ccccc2)cc1. The Labute approximate surface area is 155 Å². The van der Waals surface area contributed by atoms with Gasteiger partial charge in [0.2, 0.25) is 0 Å². The van der Waals surface area contributed by atoms with Gasteiger partial charge in [0.1, 0.15) is 6.10 Å². The topological polar surface area (TPSA) is 41.6 Å². The number of piperidine rings is 3. The summed E-state index contributed by atoms with van der Waals surface area (Å²) in [5.41, 5.74) is 3.05. The number of anilines is 1. The van der Waals surface area contributed by atoms with E-state index >= 15 is 0 Å². The molecule has 0 aromatic heterocycles. The van der Waals surface area contributed by atoms with Crippen LogP contribution in [0.4, 0.5) is 5.69 Å². The molecule has 26 heavy (non-hydrogen) atoms. The van der Waals surface area contributed by atoms with E-state index in [0.717, 1.165) is 43.7 Å². The van der Waals surface area contributed by atoms with Crippen LogP contribution in [0.3, 0.4) is 0 Å². The highest BCUT2D eigenvalue weighted by molar-refractivity contribution is 5.81. The molecule has 1 N–H and O–H groups in total. The van der Waals surface area contributed by atoms with Crippen LogP contribution in [0, 0.1) is 12.8 Å². The first kappa shape index (κ1) is 17.1. The van der Waals surface area contributed by atoms with Gasteiger partial charge in [0.05, 0.1) is 0 Å². The van der Waals surface area contributed by atoms with Gasteiger partial charge in [0.25, 0.3) is 0 Å². The number of benzene rings is 2. The fourth-order valence-electron chi connectivity index (χ4n) is 4.00. The van der Waals surface area contributed by atoms with Crippen molar-refractivity contribution in [2.24, 2.45) is 5.92 Å². The molecule has 4 nitrogen and oxygen atoms in total. The molecule has 2 bridgehead atoms. The van der Waals surface area contributed by atoms with Crippen molar-refractivity contribution in [3.63, 3.8) is 0 Å². The highest BCUT2D eigenvalue weighted by Gasteiger charge is 2.37. The summed E-state index contributed by atoms with van der Waals surface area (Å²) >= 11 is 0. The van der Waals surface area contributed by atoms with Gasteiger partial charge >= 0.3 is 5.97 Å². The number of carbonyl (C=O) groups excluding carboxylic acids is 1. The standard InChI is InChI=1S/C22H26N2O2/c1-16-7-9-19(10-8-16)23-21(18-5-3-2-4-6-18)22(25)26-20-15-24-13-11-17(20)12-14-24/h2-10,17,20-21,23H,11-15H2,1H3/t20-,21?/m0/s1. The summed E-state index contributed by atoms with van der Waals surface area (Å²) in [6, 6.07) is 17.4. The fourth-order valence-corrected chi connectivity index (χ4v) is 4.00. The highest BCUT2D eigenvalue weighted by Crippen LogP contribution is 2.31. The lowest BCUT2D eigenvalue weighted by atomic mass is 9.86. The number of hydrogen-bond acceptors (Lipinski definition) is 4. The second-order valence-electron chi connectivity index (χ2n) is 7.47. The van der Waals surface area contributed by atoms with Crippen LogP contribution in [-0.4, -0.2) is 36.6 Å². The molecule has 2 aromatic carbocycles. The maximum atomic E-state index is 13.1. The van der Waals surface area contributed by atoms with Crippen LogP contribution in [0.1, 0.15) is 30.0 Å². The van der Waals surface area contributed by atoms with E-state index in [1.54, 1.807) is 0 Å². The summed E-state index contributed by atoms with van der Waals surface area (Å²) in [4.78, 5) is 15.5. The molecule has 0 saturated carbocycles. The number of ether oxygens (including phenoxy) is 1. The monoisotopic (exact) mass is 350 g/mol. The van der Waals surface area contributed by atoms with Gasteiger partial charge in [-0.15, -0.1) is 0 Å². The summed E-state index contributed by atoms with van der Waals surface area (Å²) in [6.07, 6.45) is 2.30. The molecule has 3 saturated heterocycles. The van der Waals surface area contributed by atoms with E-state index in [-0.39, 0.29) is 12.1 Å². The van der Waals surface area contributed by atoms with Gasteiger partial charge in [-0.05, 0) is 56.5 Å². The first-order valence-electron chi connectivity index (χ1n) is 9.50. The Morgan fingerprint density at radius 1 is 1.08 bits per heavy atom. The third kappa shape index (κ3) is 3.75. The van der Waals surface area contributed by atoms with Gasteiger partial charge < -0.3 is 10.1 Å². The van der Waals surface area contributed by atoms with Crippen LogP contribution in [-0.2, 0) is 9.53 Å². The summed E-state index contributed by atoms with van der Waals surface area (Å²) in [5, 5.41) is 3.37. The zero-order valence-electron chi connectivity index (χ0n) is 15.2. The van der Waals surface area contributed by atoms with Crippen LogP contribution >= 0.6 is 0 Å². The van der Waals surface area contributed by atoms with Crippen molar-refractivity contribution in [2.45, 2.75) is 31.9 Å². The molecule has 3 aliphatic heterocycles. The first-order valence-corrected chi connectivity index (χ1v) is 9.50. The van der Waals surface area contributed by atoms with Crippen molar-refractivity contribution in [2.75, 3.05) is 25.0 Å². The van der Waals surface area contributed by atoms with Gasteiger partial charge in [-0.1, -0.05) is 48.0 Å². The van der Waals surface area contributed by atoms with Crippen molar-refractivity contribution in [3.8, 4) is 0 Å². The molecular weight excluding hydrogens is 324 g/mol. The van der Waals surface area contributed by atoms with Crippen molar-refractivity contribution >= 4 is 11.7 Å². The number of rotatable bonds is 5. The van der Waals surface area contributed by atoms with Crippen LogP contribution in [0.2, 0.25) is 0 Å². The molecule has 3 heterocycles. The van der Waals surface area contributed by atoms with Gasteiger partial charge in [-0.3, -0.25) is 4.90 Å². The molecule has 4 heteroatoms. The average Bonchev–Trinajstić information content (AvgIpc) is 2.69. The number of carbonyl (C=O) groups is 1. The van der Waals surface area contributed by atoms with Crippen LogP contribution in [0.25, 0.3) is 0 Å². The molecule has 2 atom stereocenters. The smallest absolute Gasteiger partial charge is 0.333 e. The minimum absolute atomic E-state index is 0.0241. The van der Waals surface area contributed by atoms with Gasteiger partial charge in [0.15, 0.2) is 6.04 Å². The Balaban J connectivity index is 1.52. The highest BCUT2D eigenvalue weighted by atomic mass is 16.5.